The fourth-order valence-corrected chi connectivity index (χ4v) is 2.04. The zero-order valence-corrected chi connectivity index (χ0v) is 12.8. The number of nitrogens with zero attached hydrogens (tertiary/aromatic N) is 2. The van der Waals surface area contributed by atoms with Gasteiger partial charge in [0.1, 0.15) is 0 Å². The minimum Gasteiger partial charge on any atom is -0.481 e. The molecule has 2 rings (SSSR count). The molecule has 1 aromatic heterocycles. The molecular formula is C16H20N2O3. The lowest BCUT2D eigenvalue weighted by Crippen LogP contribution is -2.35. The molecule has 5 heteroatoms. The van der Waals surface area contributed by atoms with Crippen LogP contribution in [0.5, 0.6) is 0 Å². The third-order valence-corrected chi connectivity index (χ3v) is 3.53. The molecule has 0 bridgehead atoms. The lowest BCUT2D eigenvalue weighted by atomic mass is 9.79. The predicted octanol–water partition coefficient (Wildman–Crippen LogP) is 2.95. The molecule has 0 aliphatic carbocycles. The summed E-state index contributed by atoms with van der Waals surface area (Å²) in [7, 11) is 0. The van der Waals surface area contributed by atoms with Crippen LogP contribution in [-0.2, 0) is 22.0 Å². The first kappa shape index (κ1) is 15.2. The number of carboxylic acids is 1. The van der Waals surface area contributed by atoms with E-state index in [1.54, 1.807) is 19.1 Å². The number of benzene rings is 1. The van der Waals surface area contributed by atoms with Crippen LogP contribution < -0.4 is 0 Å². The van der Waals surface area contributed by atoms with Crippen molar-refractivity contribution in [2.45, 2.75) is 44.9 Å². The second kappa shape index (κ2) is 5.31. The van der Waals surface area contributed by atoms with Crippen molar-refractivity contribution in [3.8, 4) is 0 Å². The number of rotatable bonds is 4. The van der Waals surface area contributed by atoms with Gasteiger partial charge in [0.05, 0.1) is 5.41 Å². The van der Waals surface area contributed by atoms with E-state index in [-0.39, 0.29) is 11.8 Å². The predicted molar refractivity (Wildman–Crippen MR) is 78.1 cm³/mol. The average Bonchev–Trinajstić information content (AvgIpc) is 2.88. The number of aliphatic carboxylic acids is 1. The summed E-state index contributed by atoms with van der Waals surface area (Å²) in [5, 5.41) is 13.6. The lowest BCUT2D eigenvalue weighted by Gasteiger charge is -2.23. The molecule has 1 atom stereocenters. The molecule has 112 valence electrons. The van der Waals surface area contributed by atoms with Crippen molar-refractivity contribution in [3.05, 3.63) is 47.6 Å². The van der Waals surface area contributed by atoms with Crippen LogP contribution in [0.2, 0.25) is 0 Å². The monoisotopic (exact) mass is 288 g/mol. The third-order valence-electron chi connectivity index (χ3n) is 3.53. The number of carboxylic acid groups (broad SMARTS) is 1. The van der Waals surface area contributed by atoms with Crippen molar-refractivity contribution in [1.82, 2.24) is 10.1 Å². The Labute approximate surface area is 124 Å². The van der Waals surface area contributed by atoms with Crippen LogP contribution in [0.25, 0.3) is 0 Å². The molecule has 0 spiro atoms. The van der Waals surface area contributed by atoms with Gasteiger partial charge in [-0.15, -0.1) is 0 Å². The highest BCUT2D eigenvalue weighted by Crippen LogP contribution is 2.29. The van der Waals surface area contributed by atoms with E-state index in [1.165, 1.54) is 0 Å². The Morgan fingerprint density at radius 3 is 2.29 bits per heavy atom. The molecule has 0 fully saturated rings. The van der Waals surface area contributed by atoms with Gasteiger partial charge < -0.3 is 9.63 Å². The summed E-state index contributed by atoms with van der Waals surface area (Å²) in [6.45, 7) is 7.62. The van der Waals surface area contributed by atoms with Crippen molar-refractivity contribution < 1.29 is 14.4 Å². The quantitative estimate of drug-likeness (QED) is 0.936. The minimum absolute atomic E-state index is 0.162. The van der Waals surface area contributed by atoms with Crippen LogP contribution in [0, 0.1) is 0 Å². The van der Waals surface area contributed by atoms with Gasteiger partial charge in [0.15, 0.2) is 5.82 Å². The molecule has 2 aromatic rings. The van der Waals surface area contributed by atoms with Crippen molar-refractivity contribution in [2.24, 2.45) is 0 Å². The Morgan fingerprint density at radius 1 is 1.19 bits per heavy atom. The van der Waals surface area contributed by atoms with E-state index in [1.807, 2.05) is 39.0 Å². The van der Waals surface area contributed by atoms with E-state index in [0.29, 0.717) is 17.3 Å². The summed E-state index contributed by atoms with van der Waals surface area (Å²) in [6, 6.07) is 9.11. The highest BCUT2D eigenvalue weighted by Gasteiger charge is 2.37. The third kappa shape index (κ3) is 3.12. The highest BCUT2D eigenvalue weighted by atomic mass is 16.5. The summed E-state index contributed by atoms with van der Waals surface area (Å²) >= 11 is 0. The van der Waals surface area contributed by atoms with Gasteiger partial charge in [-0.2, -0.15) is 4.98 Å². The Morgan fingerprint density at radius 2 is 1.81 bits per heavy atom. The van der Waals surface area contributed by atoms with E-state index in [0.717, 1.165) is 0 Å². The van der Waals surface area contributed by atoms with E-state index in [2.05, 4.69) is 10.1 Å². The molecular weight excluding hydrogens is 268 g/mol. The molecule has 1 aromatic carbocycles. The summed E-state index contributed by atoms with van der Waals surface area (Å²) in [4.78, 5) is 16.1. The smallest absolute Gasteiger partial charge is 0.314 e. The van der Waals surface area contributed by atoms with Crippen LogP contribution in [0.15, 0.2) is 34.9 Å². The van der Waals surface area contributed by atoms with Gasteiger partial charge in [0.2, 0.25) is 5.89 Å². The van der Waals surface area contributed by atoms with Crippen molar-refractivity contribution in [2.75, 3.05) is 0 Å². The van der Waals surface area contributed by atoms with Gasteiger partial charge in [-0.3, -0.25) is 4.79 Å². The SMILES string of the molecule is CC(C)(C)c1noc(CC(C)(C(=O)O)c2ccccc2)n1. The normalized spacial score (nSPS) is 14.7. The van der Waals surface area contributed by atoms with E-state index < -0.39 is 11.4 Å². The standard InChI is InChI=1S/C16H20N2O3/c1-15(2,3)13-17-12(21-18-13)10-16(4,14(19)20)11-8-6-5-7-9-11/h5-9H,10H2,1-4H3,(H,19,20). The van der Waals surface area contributed by atoms with E-state index in [4.69, 9.17) is 4.52 Å². The van der Waals surface area contributed by atoms with Gasteiger partial charge in [-0.05, 0) is 12.5 Å². The van der Waals surface area contributed by atoms with E-state index >= 15 is 0 Å². The highest BCUT2D eigenvalue weighted by molar-refractivity contribution is 5.81. The summed E-state index contributed by atoms with van der Waals surface area (Å²) in [5.41, 5.74) is -0.607. The summed E-state index contributed by atoms with van der Waals surface area (Å²) in [6.07, 6.45) is 0.162. The molecule has 5 nitrogen and oxygen atoms in total. The summed E-state index contributed by atoms with van der Waals surface area (Å²) < 4.78 is 5.23. The van der Waals surface area contributed by atoms with Crippen LogP contribution >= 0.6 is 0 Å². The molecule has 0 saturated carbocycles. The average molecular weight is 288 g/mol. The van der Waals surface area contributed by atoms with Crippen LogP contribution in [-0.4, -0.2) is 21.2 Å². The molecule has 1 N–H and O–H groups in total. The molecule has 0 aliphatic rings. The van der Waals surface area contributed by atoms with Gasteiger partial charge in [-0.1, -0.05) is 56.3 Å². The number of carbonyl (C=O) groups is 1. The van der Waals surface area contributed by atoms with Crippen LogP contribution in [0.1, 0.15) is 45.0 Å². The Hall–Kier alpha value is -2.17. The fraction of sp³-hybridized carbons (Fsp3) is 0.438. The molecule has 21 heavy (non-hydrogen) atoms. The zero-order valence-electron chi connectivity index (χ0n) is 12.8. The van der Waals surface area contributed by atoms with Gasteiger partial charge >= 0.3 is 5.97 Å². The Bertz CT molecular complexity index is 628. The van der Waals surface area contributed by atoms with E-state index in [9.17, 15) is 9.90 Å². The fourth-order valence-electron chi connectivity index (χ4n) is 2.04. The Balaban J connectivity index is 2.34. The largest absolute Gasteiger partial charge is 0.481 e. The second-order valence-electron chi connectivity index (χ2n) is 6.44. The molecule has 1 unspecified atom stereocenters. The Kier molecular flexibility index (Phi) is 3.85. The topological polar surface area (TPSA) is 76.2 Å². The number of hydrogen-bond donors (Lipinski definition) is 1. The van der Waals surface area contributed by atoms with Crippen LogP contribution in [0.3, 0.4) is 0 Å². The van der Waals surface area contributed by atoms with Gasteiger partial charge in [-0.25, -0.2) is 0 Å². The lowest BCUT2D eigenvalue weighted by molar-refractivity contribution is -0.143. The zero-order chi connectivity index (χ0) is 15.7. The first-order chi connectivity index (χ1) is 9.73. The van der Waals surface area contributed by atoms with Crippen molar-refractivity contribution in [1.29, 1.82) is 0 Å². The molecule has 0 amide bonds. The number of aromatic nitrogens is 2. The van der Waals surface area contributed by atoms with Crippen LogP contribution in [0.4, 0.5) is 0 Å². The maximum Gasteiger partial charge on any atom is 0.314 e. The second-order valence-corrected chi connectivity index (χ2v) is 6.44. The van der Waals surface area contributed by atoms with Gasteiger partial charge in [0.25, 0.3) is 0 Å². The maximum atomic E-state index is 11.7. The maximum absolute atomic E-state index is 11.7. The molecule has 0 radical (unpaired) electrons. The minimum atomic E-state index is -1.09. The van der Waals surface area contributed by atoms with Crippen molar-refractivity contribution in [3.63, 3.8) is 0 Å². The van der Waals surface area contributed by atoms with Gasteiger partial charge in [0, 0.05) is 11.8 Å². The first-order valence-corrected chi connectivity index (χ1v) is 6.85. The molecule has 1 heterocycles. The first-order valence-electron chi connectivity index (χ1n) is 6.85. The molecule has 0 aliphatic heterocycles. The molecule has 0 saturated heterocycles. The summed E-state index contributed by atoms with van der Waals surface area (Å²) in [5.74, 6) is 0.0104. The number of hydrogen-bond acceptors (Lipinski definition) is 4. The van der Waals surface area contributed by atoms with Crippen molar-refractivity contribution >= 4 is 5.97 Å².